The Balaban J connectivity index is 1.86. The summed E-state index contributed by atoms with van der Waals surface area (Å²) >= 11 is 6.12. The van der Waals surface area contributed by atoms with Gasteiger partial charge >= 0.3 is 0 Å². The van der Waals surface area contributed by atoms with Gasteiger partial charge in [0.2, 0.25) is 5.78 Å². The second-order valence-corrected chi connectivity index (χ2v) is 7.25. The molecule has 2 aliphatic rings. The summed E-state index contributed by atoms with van der Waals surface area (Å²) in [6.45, 7) is 5.38. The fourth-order valence-electron chi connectivity index (χ4n) is 3.28. The average molecular weight is 385 g/mol. The van der Waals surface area contributed by atoms with Gasteiger partial charge in [-0.05, 0) is 32.2 Å². The number of aliphatic imine (C=N–C) groups is 1. The Morgan fingerprint density at radius 2 is 1.96 bits per heavy atom. The number of Topliss-reactive ketones (excluding diaryl/α,β-unsaturated/α-hetero) is 1. The van der Waals surface area contributed by atoms with Crippen LogP contribution in [0.3, 0.4) is 0 Å². The minimum absolute atomic E-state index is 0.0198. The molecule has 1 fully saturated rings. The summed E-state index contributed by atoms with van der Waals surface area (Å²) in [4.78, 5) is 21.3. The van der Waals surface area contributed by atoms with Gasteiger partial charge in [0.15, 0.2) is 5.82 Å². The van der Waals surface area contributed by atoms with Gasteiger partial charge in [0.05, 0.1) is 16.9 Å². The van der Waals surface area contributed by atoms with Gasteiger partial charge in [0, 0.05) is 37.9 Å². The van der Waals surface area contributed by atoms with Gasteiger partial charge in [-0.1, -0.05) is 17.7 Å². The number of allylic oxidation sites excluding steroid dienone is 3. The molecule has 140 valence electrons. The number of hydrogen-bond donors (Lipinski definition) is 1. The molecule has 1 aliphatic heterocycles. The van der Waals surface area contributed by atoms with E-state index in [9.17, 15) is 4.79 Å². The van der Waals surface area contributed by atoms with Crippen molar-refractivity contribution in [2.24, 2.45) is 10.7 Å². The summed E-state index contributed by atoms with van der Waals surface area (Å²) in [6.07, 6.45) is 3.58. The Morgan fingerprint density at radius 1 is 1.22 bits per heavy atom. The van der Waals surface area contributed by atoms with Crippen LogP contribution in [-0.4, -0.2) is 59.2 Å². The van der Waals surface area contributed by atoms with Crippen molar-refractivity contribution in [1.82, 2.24) is 14.5 Å². The molecule has 4 rings (SSSR count). The Kier molecular flexibility index (Phi) is 4.49. The van der Waals surface area contributed by atoms with Gasteiger partial charge in [-0.3, -0.25) is 4.79 Å². The Labute approximate surface area is 162 Å². The third-order valence-corrected chi connectivity index (χ3v) is 5.33. The molecule has 7 nitrogen and oxygen atoms in total. The number of piperazine rings is 1. The lowest BCUT2D eigenvalue weighted by Gasteiger charge is -2.32. The molecule has 0 unspecified atom stereocenters. The Bertz CT molecular complexity index is 1010. The molecule has 2 aromatic heterocycles. The number of ketones is 1. The van der Waals surface area contributed by atoms with E-state index in [2.05, 4.69) is 16.8 Å². The maximum atomic E-state index is 12.0. The van der Waals surface area contributed by atoms with E-state index in [0.717, 1.165) is 43.2 Å². The molecule has 1 saturated heterocycles. The van der Waals surface area contributed by atoms with Crippen LogP contribution in [0.5, 0.6) is 0 Å². The molecule has 1 aliphatic carbocycles. The highest BCUT2D eigenvalue weighted by molar-refractivity contribution is 6.49. The van der Waals surface area contributed by atoms with E-state index < -0.39 is 0 Å². The first kappa shape index (κ1) is 17.8. The van der Waals surface area contributed by atoms with Crippen LogP contribution in [0.15, 0.2) is 51.8 Å². The summed E-state index contributed by atoms with van der Waals surface area (Å²) in [5, 5.41) is 4.76. The van der Waals surface area contributed by atoms with Gasteiger partial charge in [-0.25, -0.2) is 9.51 Å². The molecule has 0 amide bonds. The van der Waals surface area contributed by atoms with E-state index >= 15 is 0 Å². The highest BCUT2D eigenvalue weighted by Crippen LogP contribution is 2.34. The molecule has 0 saturated carbocycles. The van der Waals surface area contributed by atoms with Crippen molar-refractivity contribution in [1.29, 1.82) is 0 Å². The van der Waals surface area contributed by atoms with Gasteiger partial charge in [-0.2, -0.15) is 0 Å². The number of carbonyl (C=O) groups is 1. The SMILES string of the molecule is CC1=CC(=Nc2c(N3CCN(C)CC3)nn3ccccc23)C(N)=C(Cl)C1=O. The highest BCUT2D eigenvalue weighted by atomic mass is 35.5. The molecular weight excluding hydrogens is 364 g/mol. The zero-order valence-corrected chi connectivity index (χ0v) is 16.1. The molecule has 0 spiro atoms. The molecule has 0 radical (unpaired) electrons. The molecule has 0 bridgehead atoms. The van der Waals surface area contributed by atoms with E-state index in [1.165, 1.54) is 0 Å². The molecule has 0 atom stereocenters. The van der Waals surface area contributed by atoms with Crippen LogP contribution >= 0.6 is 11.6 Å². The summed E-state index contributed by atoms with van der Waals surface area (Å²) in [7, 11) is 2.11. The van der Waals surface area contributed by atoms with Gasteiger partial charge in [0.1, 0.15) is 10.7 Å². The topological polar surface area (TPSA) is 79.2 Å². The standard InChI is InChI=1S/C19H21ClN6O/c1-12-11-13(16(21)15(20)18(12)27)22-17-14-5-3-4-6-26(14)23-19(17)25-9-7-24(2)8-10-25/h3-6,11H,7-10,21H2,1-2H3. The number of aromatic nitrogens is 2. The summed E-state index contributed by atoms with van der Waals surface area (Å²) < 4.78 is 1.82. The molecule has 27 heavy (non-hydrogen) atoms. The largest absolute Gasteiger partial charge is 0.396 e. The van der Waals surface area contributed by atoms with E-state index in [1.54, 1.807) is 13.0 Å². The fourth-order valence-corrected chi connectivity index (χ4v) is 3.53. The van der Waals surface area contributed by atoms with Crippen molar-refractivity contribution in [2.75, 3.05) is 38.1 Å². The first-order valence-corrected chi connectivity index (χ1v) is 9.21. The number of halogens is 1. The zero-order chi connectivity index (χ0) is 19.1. The first-order valence-electron chi connectivity index (χ1n) is 8.84. The number of hydrogen-bond acceptors (Lipinski definition) is 6. The number of rotatable bonds is 2. The van der Waals surface area contributed by atoms with E-state index in [-0.39, 0.29) is 16.5 Å². The van der Waals surface area contributed by atoms with Crippen LogP contribution in [0.2, 0.25) is 0 Å². The summed E-state index contributed by atoms with van der Waals surface area (Å²) in [6, 6.07) is 5.85. The smallest absolute Gasteiger partial charge is 0.202 e. The number of nitrogens with two attached hydrogens (primary N) is 1. The van der Waals surface area contributed by atoms with Crippen LogP contribution in [0.25, 0.3) is 5.52 Å². The van der Waals surface area contributed by atoms with Crippen molar-refractivity contribution in [2.45, 2.75) is 6.92 Å². The maximum absolute atomic E-state index is 12.0. The van der Waals surface area contributed by atoms with Gasteiger partial charge < -0.3 is 15.5 Å². The Hall–Kier alpha value is -2.64. The number of pyridine rings is 1. The minimum Gasteiger partial charge on any atom is -0.396 e. The number of likely N-dealkylation sites (N-methyl/N-ethyl adjacent to an activating group) is 1. The van der Waals surface area contributed by atoms with Crippen molar-refractivity contribution < 1.29 is 4.79 Å². The monoisotopic (exact) mass is 384 g/mol. The first-order chi connectivity index (χ1) is 13.0. The van der Waals surface area contributed by atoms with Crippen LogP contribution in [-0.2, 0) is 4.79 Å². The predicted molar refractivity (Wildman–Crippen MR) is 108 cm³/mol. The zero-order valence-electron chi connectivity index (χ0n) is 15.3. The lowest BCUT2D eigenvalue weighted by atomic mass is 10.0. The van der Waals surface area contributed by atoms with E-state index in [4.69, 9.17) is 27.4 Å². The highest BCUT2D eigenvalue weighted by Gasteiger charge is 2.25. The third-order valence-electron chi connectivity index (χ3n) is 4.95. The number of fused-ring (bicyclic) bond motifs is 1. The molecule has 2 N–H and O–H groups in total. The number of nitrogens with zero attached hydrogens (tertiary/aromatic N) is 5. The van der Waals surface area contributed by atoms with Crippen molar-refractivity contribution in [3.8, 4) is 0 Å². The Morgan fingerprint density at radius 3 is 2.70 bits per heavy atom. The third kappa shape index (κ3) is 3.13. The lowest BCUT2D eigenvalue weighted by Crippen LogP contribution is -2.44. The van der Waals surface area contributed by atoms with E-state index in [0.29, 0.717) is 11.3 Å². The number of anilines is 1. The predicted octanol–water partition coefficient (Wildman–Crippen LogP) is 2.10. The maximum Gasteiger partial charge on any atom is 0.202 e. The molecular formula is C19H21ClN6O. The fraction of sp³-hybridized carbons (Fsp3) is 0.316. The van der Waals surface area contributed by atoms with E-state index in [1.807, 2.05) is 28.9 Å². The molecule has 0 aromatic carbocycles. The van der Waals surface area contributed by atoms with Crippen molar-refractivity contribution in [3.05, 3.63) is 46.8 Å². The second kappa shape index (κ2) is 6.83. The van der Waals surface area contributed by atoms with Crippen LogP contribution in [0.1, 0.15) is 6.92 Å². The lowest BCUT2D eigenvalue weighted by molar-refractivity contribution is -0.111. The summed E-state index contributed by atoms with van der Waals surface area (Å²) in [5.41, 5.74) is 8.92. The minimum atomic E-state index is -0.257. The van der Waals surface area contributed by atoms with Crippen LogP contribution in [0.4, 0.5) is 11.5 Å². The second-order valence-electron chi connectivity index (χ2n) is 6.87. The van der Waals surface area contributed by atoms with Crippen LogP contribution in [0, 0.1) is 0 Å². The van der Waals surface area contributed by atoms with Crippen LogP contribution < -0.4 is 10.6 Å². The van der Waals surface area contributed by atoms with Crippen molar-refractivity contribution >= 4 is 40.1 Å². The van der Waals surface area contributed by atoms with Gasteiger partial charge in [-0.15, -0.1) is 5.10 Å². The van der Waals surface area contributed by atoms with Gasteiger partial charge in [0.25, 0.3) is 0 Å². The molecule has 8 heteroatoms. The summed E-state index contributed by atoms with van der Waals surface area (Å²) in [5.74, 6) is 0.556. The average Bonchev–Trinajstić information content (AvgIpc) is 3.03. The quantitative estimate of drug-likeness (QED) is 0.802. The number of carbonyl (C=O) groups excluding carboxylic acids is 1. The normalized spacial score (nSPS) is 20.7. The molecule has 2 aromatic rings. The van der Waals surface area contributed by atoms with Crippen molar-refractivity contribution in [3.63, 3.8) is 0 Å². The molecule has 3 heterocycles.